The normalized spacial score (nSPS) is 13.7. The van der Waals surface area contributed by atoms with Gasteiger partial charge < -0.3 is 15.3 Å². The van der Waals surface area contributed by atoms with Crippen LogP contribution in [0.25, 0.3) is 0 Å². The maximum atomic E-state index is 11.9. The number of rotatable bonds is 5. The molecule has 1 heterocycles. The molecule has 0 aromatic carbocycles. The Kier molecular flexibility index (Phi) is 4.91. The summed E-state index contributed by atoms with van der Waals surface area (Å²) in [4.78, 5) is 24.2. The summed E-state index contributed by atoms with van der Waals surface area (Å²) in [5.74, 6) is -1.56. The number of nitrogens with one attached hydrogen (secondary N) is 1. The average Bonchev–Trinajstić information content (AvgIpc) is 2.73. The number of carbonyl (C=O) groups is 2. The molecule has 0 saturated heterocycles. The molecular weight excluding hydrogens is 248 g/mol. The van der Waals surface area contributed by atoms with E-state index in [1.807, 2.05) is 6.20 Å². The fourth-order valence-electron chi connectivity index (χ4n) is 1.54. The van der Waals surface area contributed by atoms with Gasteiger partial charge in [0, 0.05) is 31.9 Å². The van der Waals surface area contributed by atoms with Gasteiger partial charge in [-0.25, -0.2) is 4.79 Å². The van der Waals surface area contributed by atoms with Gasteiger partial charge in [0.25, 0.3) is 0 Å². The van der Waals surface area contributed by atoms with Gasteiger partial charge in [-0.15, -0.1) is 0 Å². The Bertz CT molecular complexity index is 458. The number of hydrogen-bond donors (Lipinski definition) is 2. The summed E-state index contributed by atoms with van der Waals surface area (Å²) in [5.41, 5.74) is 0.916. The molecule has 7 heteroatoms. The number of aliphatic carboxylic acids is 1. The number of urea groups is 1. The summed E-state index contributed by atoms with van der Waals surface area (Å²) in [6.07, 6.45) is 3.51. The predicted molar refractivity (Wildman–Crippen MR) is 69.5 cm³/mol. The Labute approximate surface area is 112 Å². The zero-order chi connectivity index (χ0) is 14.6. The minimum Gasteiger partial charge on any atom is -0.481 e. The minimum absolute atomic E-state index is 0.301. The molecule has 19 heavy (non-hydrogen) atoms. The van der Waals surface area contributed by atoms with Crippen molar-refractivity contribution < 1.29 is 14.7 Å². The molecule has 0 aliphatic heterocycles. The van der Waals surface area contributed by atoms with E-state index in [1.54, 1.807) is 38.8 Å². The van der Waals surface area contributed by atoms with Crippen LogP contribution in [0.1, 0.15) is 19.4 Å². The van der Waals surface area contributed by atoms with E-state index in [0.29, 0.717) is 6.54 Å². The Hall–Kier alpha value is -2.05. The summed E-state index contributed by atoms with van der Waals surface area (Å²) < 4.78 is 1.66. The zero-order valence-electron chi connectivity index (χ0n) is 11.6. The molecular formula is C12H20N4O3. The van der Waals surface area contributed by atoms with Crippen LogP contribution in [0.4, 0.5) is 4.79 Å². The number of carboxylic acids is 1. The first kappa shape index (κ1) is 15.0. The van der Waals surface area contributed by atoms with Crippen LogP contribution >= 0.6 is 0 Å². The minimum atomic E-state index is -0.928. The topological polar surface area (TPSA) is 87.5 Å². The highest BCUT2D eigenvalue weighted by Gasteiger charge is 2.22. The lowest BCUT2D eigenvalue weighted by Gasteiger charge is -2.22. The van der Waals surface area contributed by atoms with Crippen LogP contribution < -0.4 is 5.32 Å². The Morgan fingerprint density at radius 2 is 2.16 bits per heavy atom. The molecule has 2 amide bonds. The predicted octanol–water partition coefficient (Wildman–Crippen LogP) is 0.671. The lowest BCUT2D eigenvalue weighted by atomic mass is 10.0. The van der Waals surface area contributed by atoms with Gasteiger partial charge in [0.1, 0.15) is 0 Å². The highest BCUT2D eigenvalue weighted by atomic mass is 16.4. The SMILES string of the molecule is CC(NC(=O)N(C)Cc1cnn(C)c1)C(C)C(=O)O. The fourth-order valence-corrected chi connectivity index (χ4v) is 1.54. The Balaban J connectivity index is 2.51. The second-order valence-electron chi connectivity index (χ2n) is 4.74. The van der Waals surface area contributed by atoms with E-state index in [4.69, 9.17) is 5.11 Å². The summed E-state index contributed by atoms with van der Waals surface area (Å²) >= 11 is 0. The van der Waals surface area contributed by atoms with E-state index in [0.717, 1.165) is 5.56 Å². The van der Waals surface area contributed by atoms with Crippen LogP contribution in [0.15, 0.2) is 12.4 Å². The van der Waals surface area contributed by atoms with Crippen LogP contribution in [-0.2, 0) is 18.4 Å². The van der Waals surface area contributed by atoms with Gasteiger partial charge in [0.15, 0.2) is 0 Å². The van der Waals surface area contributed by atoms with Crippen LogP contribution in [0.2, 0.25) is 0 Å². The van der Waals surface area contributed by atoms with Crippen molar-refractivity contribution in [2.24, 2.45) is 13.0 Å². The molecule has 0 fully saturated rings. The van der Waals surface area contributed by atoms with Crippen molar-refractivity contribution in [2.45, 2.75) is 26.4 Å². The van der Waals surface area contributed by atoms with Gasteiger partial charge >= 0.3 is 12.0 Å². The first-order valence-corrected chi connectivity index (χ1v) is 6.03. The third kappa shape index (κ3) is 4.27. The largest absolute Gasteiger partial charge is 0.481 e. The van der Waals surface area contributed by atoms with Crippen LogP contribution in [0.5, 0.6) is 0 Å². The van der Waals surface area contributed by atoms with E-state index in [2.05, 4.69) is 10.4 Å². The van der Waals surface area contributed by atoms with E-state index < -0.39 is 17.9 Å². The molecule has 2 unspecified atom stereocenters. The van der Waals surface area contributed by atoms with Crippen LogP contribution in [0, 0.1) is 5.92 Å². The van der Waals surface area contributed by atoms with Gasteiger partial charge in [-0.1, -0.05) is 0 Å². The molecule has 0 aliphatic rings. The van der Waals surface area contributed by atoms with Crippen molar-refractivity contribution in [1.29, 1.82) is 0 Å². The molecule has 0 saturated carbocycles. The molecule has 2 N–H and O–H groups in total. The number of hydrogen-bond acceptors (Lipinski definition) is 3. The zero-order valence-corrected chi connectivity index (χ0v) is 11.6. The first-order valence-electron chi connectivity index (χ1n) is 6.03. The Morgan fingerprint density at radius 1 is 1.53 bits per heavy atom. The van der Waals surface area contributed by atoms with Gasteiger partial charge in [0.2, 0.25) is 0 Å². The number of amides is 2. The molecule has 0 spiro atoms. The molecule has 106 valence electrons. The number of carboxylic acid groups (broad SMARTS) is 1. The highest BCUT2D eigenvalue weighted by Crippen LogP contribution is 2.05. The Morgan fingerprint density at radius 3 is 2.63 bits per heavy atom. The van der Waals surface area contributed by atoms with Gasteiger partial charge in [-0.05, 0) is 13.8 Å². The van der Waals surface area contributed by atoms with Crippen LogP contribution in [-0.4, -0.2) is 44.9 Å². The average molecular weight is 268 g/mol. The number of aryl methyl sites for hydroxylation is 1. The van der Waals surface area contributed by atoms with Crippen molar-refractivity contribution >= 4 is 12.0 Å². The van der Waals surface area contributed by atoms with Crippen molar-refractivity contribution in [3.05, 3.63) is 18.0 Å². The van der Waals surface area contributed by atoms with E-state index in [1.165, 1.54) is 4.90 Å². The van der Waals surface area contributed by atoms with Gasteiger partial charge in [-0.2, -0.15) is 5.10 Å². The van der Waals surface area contributed by atoms with Crippen molar-refractivity contribution in [3.8, 4) is 0 Å². The van der Waals surface area contributed by atoms with Gasteiger partial charge in [-0.3, -0.25) is 9.48 Å². The summed E-state index contributed by atoms with van der Waals surface area (Å²) in [6, 6.07) is -0.731. The van der Waals surface area contributed by atoms with Crippen molar-refractivity contribution in [2.75, 3.05) is 7.05 Å². The van der Waals surface area contributed by atoms with Gasteiger partial charge in [0.05, 0.1) is 18.7 Å². The lowest BCUT2D eigenvalue weighted by Crippen LogP contribution is -2.45. The summed E-state index contributed by atoms with van der Waals surface area (Å²) in [6.45, 7) is 3.66. The molecule has 1 aromatic heterocycles. The third-order valence-electron chi connectivity index (χ3n) is 3.02. The van der Waals surface area contributed by atoms with E-state index >= 15 is 0 Å². The maximum Gasteiger partial charge on any atom is 0.317 e. The monoisotopic (exact) mass is 268 g/mol. The summed E-state index contributed by atoms with van der Waals surface area (Å²) in [7, 11) is 3.46. The standard InChI is InChI=1S/C12H20N4O3/c1-8(11(17)18)9(2)14-12(19)15(3)6-10-5-13-16(4)7-10/h5,7-9H,6H2,1-4H3,(H,14,19)(H,17,18). The highest BCUT2D eigenvalue weighted by molar-refractivity contribution is 5.76. The number of aromatic nitrogens is 2. The second kappa shape index (κ2) is 6.21. The number of nitrogens with zero attached hydrogens (tertiary/aromatic N) is 3. The number of carbonyl (C=O) groups excluding carboxylic acids is 1. The smallest absolute Gasteiger partial charge is 0.317 e. The quantitative estimate of drug-likeness (QED) is 0.821. The van der Waals surface area contributed by atoms with Crippen molar-refractivity contribution in [1.82, 2.24) is 20.0 Å². The molecule has 1 rings (SSSR count). The van der Waals surface area contributed by atoms with Crippen molar-refractivity contribution in [3.63, 3.8) is 0 Å². The maximum absolute atomic E-state index is 11.9. The lowest BCUT2D eigenvalue weighted by molar-refractivity contribution is -0.141. The molecule has 0 radical (unpaired) electrons. The molecule has 2 atom stereocenters. The van der Waals surface area contributed by atoms with Crippen LogP contribution in [0.3, 0.4) is 0 Å². The molecule has 1 aromatic rings. The third-order valence-corrected chi connectivity index (χ3v) is 3.02. The van der Waals surface area contributed by atoms with E-state index in [-0.39, 0.29) is 6.03 Å². The molecule has 0 bridgehead atoms. The summed E-state index contributed by atoms with van der Waals surface area (Å²) in [5, 5.41) is 15.6. The van der Waals surface area contributed by atoms with E-state index in [9.17, 15) is 9.59 Å². The molecule has 0 aliphatic carbocycles. The fraction of sp³-hybridized carbons (Fsp3) is 0.583. The second-order valence-corrected chi connectivity index (χ2v) is 4.74. The first-order chi connectivity index (χ1) is 8.81. The molecule has 7 nitrogen and oxygen atoms in total.